The first-order valence-corrected chi connectivity index (χ1v) is 12.4. The van der Waals surface area contributed by atoms with E-state index in [1.165, 1.54) is 0 Å². The number of rotatable bonds is 9. The Labute approximate surface area is 223 Å². The van der Waals surface area contributed by atoms with E-state index in [0.29, 0.717) is 35.3 Å². The van der Waals surface area contributed by atoms with Gasteiger partial charge in [0, 0.05) is 15.1 Å². The van der Waals surface area contributed by atoms with Crippen molar-refractivity contribution >= 4 is 39.1 Å². The van der Waals surface area contributed by atoms with Crippen molar-refractivity contribution in [1.29, 1.82) is 0 Å². The summed E-state index contributed by atoms with van der Waals surface area (Å²) in [4.78, 5) is 12.5. The fourth-order valence-electron chi connectivity index (χ4n) is 3.25. The second kappa shape index (κ2) is 12.4. The zero-order valence-electron chi connectivity index (χ0n) is 19.6. The van der Waals surface area contributed by atoms with Crippen molar-refractivity contribution < 1.29 is 14.3 Å². The van der Waals surface area contributed by atoms with Crippen LogP contribution in [0.1, 0.15) is 34.0 Å². The molecule has 0 unspecified atom stereocenters. The largest absolute Gasteiger partial charge is 0.489 e. The third kappa shape index (κ3) is 7.44. The van der Waals surface area contributed by atoms with Crippen LogP contribution in [-0.2, 0) is 13.2 Å². The molecule has 0 aliphatic carbocycles. The molecule has 1 amide bonds. The molecular formula is C29H24BrClN2O3. The van der Waals surface area contributed by atoms with Crippen molar-refractivity contribution in [2.24, 2.45) is 5.10 Å². The highest BCUT2D eigenvalue weighted by Crippen LogP contribution is 2.18. The van der Waals surface area contributed by atoms with Crippen molar-refractivity contribution in [3.8, 4) is 11.5 Å². The number of ether oxygens (including phenoxy) is 2. The molecule has 4 aromatic carbocycles. The number of hydrogen-bond acceptors (Lipinski definition) is 4. The van der Waals surface area contributed by atoms with Gasteiger partial charge in [0.15, 0.2) is 0 Å². The molecule has 4 rings (SSSR count). The summed E-state index contributed by atoms with van der Waals surface area (Å²) < 4.78 is 12.6. The van der Waals surface area contributed by atoms with Gasteiger partial charge < -0.3 is 9.47 Å². The van der Waals surface area contributed by atoms with E-state index < -0.39 is 0 Å². The van der Waals surface area contributed by atoms with Crippen LogP contribution in [0, 0.1) is 0 Å². The Bertz CT molecular complexity index is 1320. The Morgan fingerprint density at radius 1 is 0.750 bits per heavy atom. The Kier molecular flexibility index (Phi) is 8.76. The van der Waals surface area contributed by atoms with Crippen LogP contribution in [0.3, 0.4) is 0 Å². The topological polar surface area (TPSA) is 59.9 Å². The second-order valence-corrected chi connectivity index (χ2v) is 9.37. The molecule has 0 bridgehead atoms. The Morgan fingerprint density at radius 2 is 1.22 bits per heavy atom. The van der Waals surface area contributed by atoms with Gasteiger partial charge in [-0.15, -0.1) is 0 Å². The summed E-state index contributed by atoms with van der Waals surface area (Å²) in [7, 11) is 0. The van der Waals surface area contributed by atoms with E-state index in [-0.39, 0.29) is 5.91 Å². The van der Waals surface area contributed by atoms with Gasteiger partial charge in [-0.2, -0.15) is 5.10 Å². The normalized spacial score (nSPS) is 11.1. The van der Waals surface area contributed by atoms with Gasteiger partial charge in [-0.25, -0.2) is 5.43 Å². The molecule has 7 heteroatoms. The third-order valence-corrected chi connectivity index (χ3v) is 6.13. The standard InChI is InChI=1S/C29H24BrClN2O3/c1-20(23-6-14-27(15-7-23)36-19-22-4-12-26(31)13-5-22)32-33-29(34)24-8-16-28(17-9-24)35-18-21-2-10-25(30)11-3-21/h2-17H,18-19H2,1H3,(H,33,34). The van der Waals surface area contributed by atoms with Crippen molar-refractivity contribution in [2.75, 3.05) is 0 Å². The van der Waals surface area contributed by atoms with Crippen LogP contribution in [0.4, 0.5) is 0 Å². The maximum absolute atomic E-state index is 12.5. The Balaban J connectivity index is 1.27. The molecule has 36 heavy (non-hydrogen) atoms. The summed E-state index contributed by atoms with van der Waals surface area (Å²) in [5, 5.41) is 4.93. The van der Waals surface area contributed by atoms with Crippen LogP contribution >= 0.6 is 27.5 Å². The first-order chi connectivity index (χ1) is 17.5. The number of halogens is 2. The van der Waals surface area contributed by atoms with Crippen molar-refractivity contribution in [1.82, 2.24) is 5.43 Å². The molecule has 5 nitrogen and oxygen atoms in total. The molecule has 0 fully saturated rings. The molecule has 0 aromatic heterocycles. The minimum Gasteiger partial charge on any atom is -0.489 e. The molecule has 0 atom stereocenters. The van der Waals surface area contributed by atoms with E-state index in [1.54, 1.807) is 24.3 Å². The van der Waals surface area contributed by atoms with Crippen molar-refractivity contribution in [2.45, 2.75) is 20.1 Å². The van der Waals surface area contributed by atoms with Crippen molar-refractivity contribution in [3.63, 3.8) is 0 Å². The van der Waals surface area contributed by atoms with Gasteiger partial charge in [0.25, 0.3) is 5.91 Å². The van der Waals surface area contributed by atoms with E-state index >= 15 is 0 Å². The van der Waals surface area contributed by atoms with Gasteiger partial charge in [-0.1, -0.05) is 51.8 Å². The lowest BCUT2D eigenvalue weighted by Gasteiger charge is -2.08. The van der Waals surface area contributed by atoms with Gasteiger partial charge in [-0.05, 0) is 96.4 Å². The molecule has 1 N–H and O–H groups in total. The number of benzene rings is 4. The zero-order valence-corrected chi connectivity index (χ0v) is 21.9. The minimum atomic E-state index is -0.295. The maximum Gasteiger partial charge on any atom is 0.271 e. The van der Waals surface area contributed by atoms with Crippen LogP contribution in [0.15, 0.2) is 107 Å². The number of carbonyl (C=O) groups excluding carboxylic acids is 1. The fraction of sp³-hybridized carbons (Fsp3) is 0.103. The number of hydrogen-bond donors (Lipinski definition) is 1. The SMILES string of the molecule is CC(=NNC(=O)c1ccc(OCc2ccc(Br)cc2)cc1)c1ccc(OCc2ccc(Cl)cc2)cc1. The zero-order chi connectivity index (χ0) is 25.3. The quantitative estimate of drug-likeness (QED) is 0.170. The van der Waals surface area contributed by atoms with E-state index in [0.717, 1.165) is 26.9 Å². The summed E-state index contributed by atoms with van der Waals surface area (Å²) in [5.41, 5.74) is 6.76. The number of amides is 1. The average molecular weight is 564 g/mol. The number of nitrogens with zero attached hydrogens (tertiary/aromatic N) is 1. The molecule has 0 saturated heterocycles. The van der Waals surface area contributed by atoms with E-state index in [9.17, 15) is 4.79 Å². The highest BCUT2D eigenvalue weighted by Gasteiger charge is 2.06. The predicted octanol–water partition coefficient (Wildman–Crippen LogP) is 7.41. The summed E-state index contributed by atoms with van der Waals surface area (Å²) in [6, 6.07) is 30.0. The van der Waals surface area contributed by atoms with Crippen LogP contribution in [0.5, 0.6) is 11.5 Å². The average Bonchev–Trinajstić information content (AvgIpc) is 2.91. The van der Waals surface area contributed by atoms with Gasteiger partial charge in [0.1, 0.15) is 24.7 Å². The number of hydrazone groups is 1. The van der Waals surface area contributed by atoms with E-state index in [2.05, 4.69) is 26.5 Å². The number of carbonyl (C=O) groups is 1. The van der Waals surface area contributed by atoms with Gasteiger partial charge >= 0.3 is 0 Å². The molecule has 0 saturated carbocycles. The molecule has 182 valence electrons. The monoisotopic (exact) mass is 562 g/mol. The van der Waals surface area contributed by atoms with Gasteiger partial charge in [0.05, 0.1) is 5.71 Å². The summed E-state index contributed by atoms with van der Waals surface area (Å²) in [6.45, 7) is 2.74. The molecule has 0 radical (unpaired) electrons. The summed E-state index contributed by atoms with van der Waals surface area (Å²) >= 11 is 9.33. The second-order valence-electron chi connectivity index (χ2n) is 8.02. The molecule has 0 spiro atoms. The highest BCUT2D eigenvalue weighted by atomic mass is 79.9. The summed E-state index contributed by atoms with van der Waals surface area (Å²) in [5.74, 6) is 1.14. The molecular weight excluding hydrogens is 540 g/mol. The molecule has 4 aromatic rings. The molecule has 0 heterocycles. The highest BCUT2D eigenvalue weighted by molar-refractivity contribution is 9.10. The Hall–Kier alpha value is -3.61. The smallest absolute Gasteiger partial charge is 0.271 e. The van der Waals surface area contributed by atoms with Gasteiger partial charge in [0.2, 0.25) is 0 Å². The van der Waals surface area contributed by atoms with E-state index in [1.807, 2.05) is 79.7 Å². The van der Waals surface area contributed by atoms with E-state index in [4.69, 9.17) is 21.1 Å². The predicted molar refractivity (Wildman–Crippen MR) is 147 cm³/mol. The first-order valence-electron chi connectivity index (χ1n) is 11.3. The first kappa shape index (κ1) is 25.5. The Morgan fingerprint density at radius 3 is 1.75 bits per heavy atom. The minimum absolute atomic E-state index is 0.295. The lowest BCUT2D eigenvalue weighted by molar-refractivity contribution is 0.0955. The van der Waals surface area contributed by atoms with Crippen LogP contribution in [0.2, 0.25) is 5.02 Å². The fourth-order valence-corrected chi connectivity index (χ4v) is 3.64. The lowest BCUT2D eigenvalue weighted by Crippen LogP contribution is -2.19. The summed E-state index contributed by atoms with van der Waals surface area (Å²) in [6.07, 6.45) is 0. The number of nitrogens with one attached hydrogen (secondary N) is 1. The maximum atomic E-state index is 12.5. The van der Waals surface area contributed by atoms with Crippen LogP contribution < -0.4 is 14.9 Å². The lowest BCUT2D eigenvalue weighted by atomic mass is 10.1. The van der Waals surface area contributed by atoms with Crippen LogP contribution in [0.25, 0.3) is 0 Å². The molecule has 0 aliphatic rings. The third-order valence-electron chi connectivity index (χ3n) is 5.35. The van der Waals surface area contributed by atoms with Gasteiger partial charge in [-0.3, -0.25) is 4.79 Å². The molecule has 0 aliphatic heterocycles. The van der Waals surface area contributed by atoms with Crippen molar-refractivity contribution in [3.05, 3.63) is 129 Å². The van der Waals surface area contributed by atoms with Crippen LogP contribution in [-0.4, -0.2) is 11.6 Å².